The first-order chi connectivity index (χ1) is 11.2. The molecule has 0 rings (SSSR count). The van der Waals surface area contributed by atoms with Crippen molar-refractivity contribution in [3.05, 3.63) is 0 Å². The van der Waals surface area contributed by atoms with Gasteiger partial charge in [0, 0.05) is 0 Å². The van der Waals surface area contributed by atoms with Crippen molar-refractivity contribution in [1.29, 1.82) is 0 Å². The van der Waals surface area contributed by atoms with Crippen molar-refractivity contribution in [3.8, 4) is 0 Å². The van der Waals surface area contributed by atoms with E-state index >= 15 is 0 Å². The molecule has 0 fully saturated rings. The van der Waals surface area contributed by atoms with E-state index in [1.807, 2.05) is 6.92 Å². The quantitative estimate of drug-likeness (QED) is 0.390. The third-order valence-corrected chi connectivity index (χ3v) is 5.27. The van der Waals surface area contributed by atoms with Gasteiger partial charge in [-0.3, -0.25) is 4.79 Å². The molecule has 0 aliphatic heterocycles. The van der Waals surface area contributed by atoms with E-state index in [-0.39, 0.29) is 12.3 Å². The molecule has 0 aromatic rings. The van der Waals surface area contributed by atoms with Gasteiger partial charge < -0.3 is 10.2 Å². The molecule has 144 valence electrons. The van der Waals surface area contributed by atoms with Crippen LogP contribution in [0.5, 0.6) is 0 Å². The van der Waals surface area contributed by atoms with Crippen LogP contribution in [0.2, 0.25) is 0 Å². The molecule has 0 aromatic heterocycles. The molecule has 0 saturated carbocycles. The van der Waals surface area contributed by atoms with Gasteiger partial charge in [-0.15, -0.1) is 0 Å². The Bertz CT molecular complexity index is 314. The lowest BCUT2D eigenvalue weighted by molar-refractivity contribution is -0.139. The van der Waals surface area contributed by atoms with Crippen molar-refractivity contribution in [3.63, 3.8) is 0 Å². The number of rotatable bonds is 15. The number of aliphatic hydroxyl groups is 1. The summed E-state index contributed by atoms with van der Waals surface area (Å²) < 4.78 is 0. The monoisotopic (exact) mass is 342 g/mol. The Morgan fingerprint density at radius 2 is 1.17 bits per heavy atom. The van der Waals surface area contributed by atoms with Gasteiger partial charge in [0.15, 0.2) is 0 Å². The molecule has 2 N–H and O–H groups in total. The lowest BCUT2D eigenvalue weighted by atomic mass is 9.90. The number of aliphatic carboxylic acids is 1. The first-order valence-electron chi connectivity index (χ1n) is 10.1. The molecule has 0 aliphatic rings. The number of aliphatic hydroxyl groups excluding tert-OH is 1. The normalized spacial score (nSPS) is 16.8. The Balaban J connectivity index is 3.65. The number of hydrogen-bond donors (Lipinski definition) is 2. The Kier molecular flexibility index (Phi) is 13.4. The standard InChI is InChI=1S/C21H42O3/c1-16(2)9-6-10-17(3)11-7-12-18(4)13-8-14-19(5)20(22)15-21(23)24/h16-20,22H,6-15H2,1-5H3,(H,23,24)/t17-,18-,19+,20-/m0/s1. The van der Waals surface area contributed by atoms with Crippen LogP contribution in [0.15, 0.2) is 0 Å². The fourth-order valence-electron chi connectivity index (χ4n) is 3.34. The fourth-order valence-corrected chi connectivity index (χ4v) is 3.34. The molecule has 0 saturated heterocycles. The van der Waals surface area contributed by atoms with Gasteiger partial charge >= 0.3 is 5.97 Å². The van der Waals surface area contributed by atoms with Crippen LogP contribution in [-0.4, -0.2) is 22.3 Å². The highest BCUT2D eigenvalue weighted by Gasteiger charge is 2.17. The average molecular weight is 343 g/mol. The zero-order valence-electron chi connectivity index (χ0n) is 16.8. The highest BCUT2D eigenvalue weighted by molar-refractivity contribution is 5.67. The van der Waals surface area contributed by atoms with Crippen LogP contribution >= 0.6 is 0 Å². The zero-order chi connectivity index (χ0) is 18.5. The second-order valence-corrected chi connectivity index (χ2v) is 8.54. The fraction of sp³-hybridized carbons (Fsp3) is 0.952. The van der Waals surface area contributed by atoms with Crippen molar-refractivity contribution in [2.75, 3.05) is 0 Å². The molecule has 4 atom stereocenters. The third kappa shape index (κ3) is 13.8. The molecule has 0 bridgehead atoms. The SMILES string of the molecule is CC(C)CCC[C@H](C)CCC[C@H](C)CCC[C@@H](C)[C@@H](O)CC(=O)O. The first-order valence-corrected chi connectivity index (χ1v) is 10.1. The van der Waals surface area contributed by atoms with Crippen molar-refractivity contribution in [1.82, 2.24) is 0 Å². The summed E-state index contributed by atoms with van der Waals surface area (Å²) in [6.07, 6.45) is 10.4. The Hall–Kier alpha value is -0.570. The minimum Gasteiger partial charge on any atom is -0.481 e. The summed E-state index contributed by atoms with van der Waals surface area (Å²) in [4.78, 5) is 10.6. The van der Waals surface area contributed by atoms with Gasteiger partial charge in [0.2, 0.25) is 0 Å². The molecule has 0 aromatic carbocycles. The first kappa shape index (κ1) is 23.4. The molecule has 0 amide bonds. The van der Waals surface area contributed by atoms with E-state index in [4.69, 9.17) is 5.11 Å². The van der Waals surface area contributed by atoms with Crippen LogP contribution in [0.25, 0.3) is 0 Å². The second-order valence-electron chi connectivity index (χ2n) is 8.54. The molecule has 0 unspecified atom stereocenters. The summed E-state index contributed by atoms with van der Waals surface area (Å²) in [5.74, 6) is 1.58. The highest BCUT2D eigenvalue weighted by atomic mass is 16.4. The van der Waals surface area contributed by atoms with Crippen LogP contribution in [0, 0.1) is 23.7 Å². The maximum atomic E-state index is 10.6. The lowest BCUT2D eigenvalue weighted by Gasteiger charge is -2.18. The number of carbonyl (C=O) groups is 1. The van der Waals surface area contributed by atoms with Gasteiger partial charge in [-0.2, -0.15) is 0 Å². The minimum atomic E-state index is -0.912. The van der Waals surface area contributed by atoms with E-state index in [0.29, 0.717) is 0 Å². The Morgan fingerprint density at radius 3 is 1.58 bits per heavy atom. The molecular weight excluding hydrogens is 300 g/mol. The van der Waals surface area contributed by atoms with Gasteiger partial charge in [0.25, 0.3) is 0 Å². The number of carboxylic acids is 1. The van der Waals surface area contributed by atoms with Crippen molar-refractivity contribution in [2.24, 2.45) is 23.7 Å². The van der Waals surface area contributed by atoms with Gasteiger partial charge in [0.1, 0.15) is 0 Å². The van der Waals surface area contributed by atoms with Gasteiger partial charge in [-0.1, -0.05) is 86.0 Å². The van der Waals surface area contributed by atoms with E-state index in [1.165, 1.54) is 44.9 Å². The molecular formula is C21H42O3. The predicted octanol–water partition coefficient (Wildman–Crippen LogP) is 5.90. The van der Waals surface area contributed by atoms with E-state index in [2.05, 4.69) is 27.7 Å². The van der Waals surface area contributed by atoms with Gasteiger partial charge in [-0.25, -0.2) is 0 Å². The van der Waals surface area contributed by atoms with E-state index in [1.54, 1.807) is 0 Å². The second kappa shape index (κ2) is 13.7. The predicted molar refractivity (Wildman–Crippen MR) is 102 cm³/mol. The van der Waals surface area contributed by atoms with E-state index in [0.717, 1.165) is 30.6 Å². The molecule has 0 heterocycles. The Morgan fingerprint density at radius 1 is 0.750 bits per heavy atom. The average Bonchev–Trinajstić information content (AvgIpc) is 2.45. The lowest BCUT2D eigenvalue weighted by Crippen LogP contribution is -2.21. The zero-order valence-corrected chi connectivity index (χ0v) is 16.8. The summed E-state index contributed by atoms with van der Waals surface area (Å²) in [5, 5.41) is 18.5. The molecule has 0 aliphatic carbocycles. The third-order valence-electron chi connectivity index (χ3n) is 5.27. The maximum absolute atomic E-state index is 10.6. The van der Waals surface area contributed by atoms with Crippen LogP contribution < -0.4 is 0 Å². The van der Waals surface area contributed by atoms with Crippen molar-refractivity contribution < 1.29 is 15.0 Å². The Labute approximate surface area is 150 Å². The summed E-state index contributed by atoms with van der Waals surface area (Å²) >= 11 is 0. The van der Waals surface area contributed by atoms with Crippen molar-refractivity contribution in [2.45, 2.75) is 105 Å². The number of carboxylic acid groups (broad SMARTS) is 1. The van der Waals surface area contributed by atoms with Crippen LogP contribution in [0.4, 0.5) is 0 Å². The van der Waals surface area contributed by atoms with Crippen LogP contribution in [0.1, 0.15) is 98.8 Å². The van der Waals surface area contributed by atoms with Crippen LogP contribution in [-0.2, 0) is 4.79 Å². The van der Waals surface area contributed by atoms with Crippen molar-refractivity contribution >= 4 is 5.97 Å². The smallest absolute Gasteiger partial charge is 0.305 e. The molecule has 3 nitrogen and oxygen atoms in total. The summed E-state index contributed by atoms with van der Waals surface area (Å²) in [6.45, 7) is 11.3. The highest BCUT2D eigenvalue weighted by Crippen LogP contribution is 2.23. The number of hydrogen-bond acceptors (Lipinski definition) is 2. The van der Waals surface area contributed by atoms with Gasteiger partial charge in [0.05, 0.1) is 12.5 Å². The summed E-state index contributed by atoms with van der Waals surface area (Å²) in [5.41, 5.74) is 0. The minimum absolute atomic E-state index is 0.0780. The summed E-state index contributed by atoms with van der Waals surface area (Å²) in [7, 11) is 0. The molecule has 24 heavy (non-hydrogen) atoms. The molecule has 3 heteroatoms. The summed E-state index contributed by atoms with van der Waals surface area (Å²) in [6, 6.07) is 0. The largest absolute Gasteiger partial charge is 0.481 e. The van der Waals surface area contributed by atoms with E-state index < -0.39 is 12.1 Å². The van der Waals surface area contributed by atoms with Gasteiger partial charge in [-0.05, 0) is 30.1 Å². The topological polar surface area (TPSA) is 57.5 Å². The molecule has 0 spiro atoms. The van der Waals surface area contributed by atoms with E-state index in [9.17, 15) is 9.90 Å². The maximum Gasteiger partial charge on any atom is 0.305 e. The molecule has 0 radical (unpaired) electrons. The van der Waals surface area contributed by atoms with Crippen LogP contribution in [0.3, 0.4) is 0 Å².